The molecule has 0 amide bonds. The van der Waals surface area contributed by atoms with Crippen molar-refractivity contribution in [2.45, 2.75) is 38.3 Å². The van der Waals surface area contributed by atoms with E-state index in [4.69, 9.17) is 26.3 Å². The van der Waals surface area contributed by atoms with Gasteiger partial charge in [0.15, 0.2) is 6.19 Å². The predicted octanol–water partition coefficient (Wildman–Crippen LogP) is 4.56. The molecule has 0 aliphatic carbocycles. The standard InChI is InChI=1S/C31H36ClN7O/c1-36-12-4-7-24(36)19-40-31-34-27-18-38(28-9-3-6-21-5-2-8-26(32)29(21)28)14-11-25(27)30(35-31)39-13-10-22(17-39)23-15-37(16-23)20-33/h2-3,5-6,8-9,22-24H,4,7,10-19H2,1H3/t22?,24-/m0/s1. The highest BCUT2D eigenvalue weighted by Crippen LogP contribution is 2.39. The van der Waals surface area contributed by atoms with Crippen molar-refractivity contribution in [2.75, 3.05) is 62.7 Å². The molecule has 1 unspecified atom stereocenters. The van der Waals surface area contributed by atoms with Crippen LogP contribution in [0, 0.1) is 23.3 Å². The van der Waals surface area contributed by atoms with Crippen LogP contribution in [0.1, 0.15) is 30.5 Å². The van der Waals surface area contributed by atoms with Gasteiger partial charge in [0.05, 0.1) is 17.3 Å². The van der Waals surface area contributed by atoms with Gasteiger partial charge < -0.3 is 24.3 Å². The number of fused-ring (bicyclic) bond motifs is 2. The van der Waals surface area contributed by atoms with Crippen LogP contribution in [0.5, 0.6) is 6.01 Å². The molecule has 208 valence electrons. The van der Waals surface area contributed by atoms with Crippen molar-refractivity contribution in [3.05, 3.63) is 52.7 Å². The minimum atomic E-state index is 0.412. The van der Waals surface area contributed by atoms with Gasteiger partial charge >= 0.3 is 6.01 Å². The Morgan fingerprint density at radius 3 is 2.65 bits per heavy atom. The summed E-state index contributed by atoms with van der Waals surface area (Å²) in [5.41, 5.74) is 3.45. The van der Waals surface area contributed by atoms with Gasteiger partial charge in [-0.05, 0) is 62.7 Å². The van der Waals surface area contributed by atoms with E-state index in [1.54, 1.807) is 0 Å². The number of likely N-dealkylation sites (tertiary alicyclic amines) is 2. The molecule has 0 saturated carbocycles. The first-order chi connectivity index (χ1) is 19.6. The van der Waals surface area contributed by atoms with E-state index in [-0.39, 0.29) is 0 Å². The van der Waals surface area contributed by atoms with Gasteiger partial charge in [0.2, 0.25) is 0 Å². The minimum absolute atomic E-state index is 0.412. The summed E-state index contributed by atoms with van der Waals surface area (Å²) < 4.78 is 6.32. The maximum Gasteiger partial charge on any atom is 0.318 e. The molecular formula is C31H36ClN7O. The Morgan fingerprint density at radius 2 is 1.85 bits per heavy atom. The van der Waals surface area contributed by atoms with E-state index in [0.717, 1.165) is 91.5 Å². The maximum atomic E-state index is 9.18. The van der Waals surface area contributed by atoms with Crippen LogP contribution in [0.15, 0.2) is 36.4 Å². The molecule has 3 fully saturated rings. The van der Waals surface area contributed by atoms with Crippen molar-refractivity contribution in [1.82, 2.24) is 19.8 Å². The van der Waals surface area contributed by atoms with Gasteiger partial charge in [-0.1, -0.05) is 35.9 Å². The van der Waals surface area contributed by atoms with Crippen LogP contribution >= 0.6 is 11.6 Å². The third kappa shape index (κ3) is 4.69. The van der Waals surface area contributed by atoms with Crippen molar-refractivity contribution in [3.8, 4) is 12.2 Å². The van der Waals surface area contributed by atoms with Crippen molar-refractivity contribution >= 4 is 33.9 Å². The minimum Gasteiger partial charge on any atom is -0.462 e. The summed E-state index contributed by atoms with van der Waals surface area (Å²) >= 11 is 6.70. The van der Waals surface area contributed by atoms with E-state index >= 15 is 0 Å². The van der Waals surface area contributed by atoms with Crippen molar-refractivity contribution in [3.63, 3.8) is 0 Å². The first-order valence-corrected chi connectivity index (χ1v) is 15.0. The molecule has 4 aliphatic rings. The molecule has 1 aromatic heterocycles. The lowest BCUT2D eigenvalue weighted by Gasteiger charge is -2.39. The molecule has 40 heavy (non-hydrogen) atoms. The summed E-state index contributed by atoms with van der Waals surface area (Å²) in [6.07, 6.45) is 6.67. The van der Waals surface area contributed by atoms with Gasteiger partial charge in [-0.3, -0.25) is 0 Å². The second-order valence-corrected chi connectivity index (χ2v) is 12.3. The molecule has 0 N–H and O–H groups in total. The van der Waals surface area contributed by atoms with Gasteiger partial charge in [0.25, 0.3) is 0 Å². The number of halogens is 1. The van der Waals surface area contributed by atoms with Crippen LogP contribution in [0.25, 0.3) is 10.8 Å². The number of likely N-dealkylation sites (N-methyl/N-ethyl adjacent to an activating group) is 1. The molecule has 3 saturated heterocycles. The van der Waals surface area contributed by atoms with Gasteiger partial charge in [-0.15, -0.1) is 0 Å². The lowest BCUT2D eigenvalue weighted by atomic mass is 9.85. The number of rotatable bonds is 6. The van der Waals surface area contributed by atoms with Crippen molar-refractivity contribution < 1.29 is 4.74 Å². The lowest BCUT2D eigenvalue weighted by molar-refractivity contribution is 0.120. The summed E-state index contributed by atoms with van der Waals surface area (Å²) in [6, 6.07) is 13.4. The summed E-state index contributed by atoms with van der Waals surface area (Å²) in [5.74, 6) is 2.25. The highest BCUT2D eigenvalue weighted by Gasteiger charge is 2.38. The zero-order chi connectivity index (χ0) is 27.2. The second-order valence-electron chi connectivity index (χ2n) is 11.9. The summed E-state index contributed by atoms with van der Waals surface area (Å²) in [4.78, 5) is 19.2. The quantitative estimate of drug-likeness (QED) is 0.409. The maximum absolute atomic E-state index is 9.18. The smallest absolute Gasteiger partial charge is 0.318 e. The van der Waals surface area contributed by atoms with E-state index < -0.39 is 0 Å². The fourth-order valence-corrected chi connectivity index (χ4v) is 7.36. The number of nitrogens with zero attached hydrogens (tertiary/aromatic N) is 7. The third-order valence-electron chi connectivity index (χ3n) is 9.51. The molecule has 4 aliphatic heterocycles. The van der Waals surface area contributed by atoms with Crippen LogP contribution in [0.2, 0.25) is 5.02 Å². The van der Waals surface area contributed by atoms with Crippen molar-refractivity contribution in [2.24, 2.45) is 11.8 Å². The molecule has 7 rings (SSSR count). The van der Waals surface area contributed by atoms with E-state index in [1.807, 2.05) is 17.0 Å². The topological polar surface area (TPSA) is 71.8 Å². The highest BCUT2D eigenvalue weighted by molar-refractivity contribution is 6.36. The normalized spacial score (nSPS) is 23.4. The summed E-state index contributed by atoms with van der Waals surface area (Å²) in [7, 11) is 2.17. The summed E-state index contributed by atoms with van der Waals surface area (Å²) in [5, 5.41) is 12.2. The fourth-order valence-electron chi connectivity index (χ4n) is 7.08. The molecule has 0 bridgehead atoms. The average molecular weight is 558 g/mol. The molecule has 0 radical (unpaired) electrons. The monoisotopic (exact) mass is 557 g/mol. The second kappa shape index (κ2) is 10.6. The Balaban J connectivity index is 1.18. The van der Waals surface area contributed by atoms with Crippen LogP contribution in [0.3, 0.4) is 0 Å². The lowest BCUT2D eigenvalue weighted by Crippen LogP contribution is -2.47. The van der Waals surface area contributed by atoms with Gasteiger partial charge in [0, 0.05) is 61.3 Å². The van der Waals surface area contributed by atoms with Crippen LogP contribution in [-0.4, -0.2) is 78.7 Å². The van der Waals surface area contributed by atoms with E-state index in [0.29, 0.717) is 37.0 Å². The van der Waals surface area contributed by atoms with E-state index in [9.17, 15) is 5.26 Å². The number of ether oxygens (including phenoxy) is 1. The largest absolute Gasteiger partial charge is 0.462 e. The average Bonchev–Trinajstić information content (AvgIpc) is 3.59. The molecule has 0 spiro atoms. The van der Waals surface area contributed by atoms with Crippen LogP contribution < -0.4 is 14.5 Å². The first kappa shape index (κ1) is 25.7. The molecule has 9 heteroatoms. The number of benzene rings is 2. The van der Waals surface area contributed by atoms with Gasteiger partial charge in [-0.25, -0.2) is 0 Å². The van der Waals surface area contributed by atoms with Gasteiger partial charge in [-0.2, -0.15) is 15.2 Å². The Labute approximate surface area is 241 Å². The Hall–Kier alpha value is -3.28. The zero-order valence-electron chi connectivity index (χ0n) is 23.1. The SMILES string of the molecule is CN1CCC[C@H]1COc1nc2c(c(N3CCC(C4CN(C#N)C4)C3)n1)CCN(c1cccc3cccc(Cl)c13)C2. The molecule has 2 atom stereocenters. The molecule has 5 heterocycles. The number of hydrogen-bond donors (Lipinski definition) is 0. The molecule has 2 aromatic carbocycles. The fraction of sp³-hybridized carbons (Fsp3) is 0.516. The Bertz CT molecular complexity index is 1450. The molecule has 3 aromatic rings. The zero-order valence-corrected chi connectivity index (χ0v) is 23.9. The Morgan fingerprint density at radius 1 is 1.00 bits per heavy atom. The summed E-state index contributed by atoms with van der Waals surface area (Å²) in [6.45, 7) is 7.08. The van der Waals surface area contributed by atoms with Crippen LogP contribution in [-0.2, 0) is 13.0 Å². The Kier molecular flexibility index (Phi) is 6.81. The van der Waals surface area contributed by atoms with Crippen molar-refractivity contribution in [1.29, 1.82) is 5.26 Å². The van der Waals surface area contributed by atoms with E-state index in [1.165, 1.54) is 12.0 Å². The number of anilines is 2. The predicted molar refractivity (Wildman–Crippen MR) is 158 cm³/mol. The van der Waals surface area contributed by atoms with Crippen LogP contribution in [0.4, 0.5) is 11.5 Å². The molecular weight excluding hydrogens is 522 g/mol. The first-order valence-electron chi connectivity index (χ1n) is 14.6. The van der Waals surface area contributed by atoms with Gasteiger partial charge in [0.1, 0.15) is 12.4 Å². The molecule has 8 nitrogen and oxygen atoms in total. The number of hydrogen-bond acceptors (Lipinski definition) is 8. The third-order valence-corrected chi connectivity index (χ3v) is 9.83. The number of aromatic nitrogens is 2. The van der Waals surface area contributed by atoms with E-state index in [2.05, 4.69) is 52.2 Å². The highest BCUT2D eigenvalue weighted by atomic mass is 35.5. The number of nitriles is 1.